The number of halogens is 1. The molecule has 0 N–H and O–H groups in total. The van der Waals surface area contributed by atoms with Crippen LogP contribution in [0.4, 0.5) is 0 Å². The largest absolute Gasteiger partial charge is 0.280 e. The first-order valence-electron chi connectivity index (χ1n) is 4.88. The quantitative estimate of drug-likeness (QED) is 0.706. The van der Waals surface area contributed by atoms with E-state index in [1.54, 1.807) is 6.92 Å². The van der Waals surface area contributed by atoms with Crippen molar-refractivity contribution in [2.75, 3.05) is 5.75 Å². The van der Waals surface area contributed by atoms with Gasteiger partial charge in [-0.3, -0.25) is 4.79 Å². The molecule has 0 radical (unpaired) electrons. The minimum absolute atomic E-state index is 0.00847. The van der Waals surface area contributed by atoms with Gasteiger partial charge in [-0.2, -0.15) is 0 Å². The van der Waals surface area contributed by atoms with Crippen molar-refractivity contribution in [3.8, 4) is 0 Å². The van der Waals surface area contributed by atoms with E-state index in [9.17, 15) is 13.2 Å². The van der Waals surface area contributed by atoms with Crippen molar-refractivity contribution in [1.82, 2.24) is 0 Å². The fourth-order valence-electron chi connectivity index (χ4n) is 2.03. The van der Waals surface area contributed by atoms with Gasteiger partial charge in [-0.15, -0.1) is 0 Å². The fraction of sp³-hybridized carbons (Fsp3) is 0.889. The highest BCUT2D eigenvalue weighted by Crippen LogP contribution is 2.37. The lowest BCUT2D eigenvalue weighted by molar-refractivity contribution is -0.114. The van der Waals surface area contributed by atoms with E-state index in [1.807, 2.05) is 0 Å². The average Bonchev–Trinajstić information content (AvgIpc) is 2.18. The number of hydrogen-bond acceptors (Lipinski definition) is 3. The third kappa shape index (κ3) is 1.82. The van der Waals surface area contributed by atoms with E-state index in [1.165, 1.54) is 0 Å². The van der Waals surface area contributed by atoms with Gasteiger partial charge in [0.1, 0.15) is 4.75 Å². The van der Waals surface area contributed by atoms with Gasteiger partial charge in [0.25, 0.3) is 0 Å². The molecule has 14 heavy (non-hydrogen) atoms. The molecule has 0 saturated heterocycles. The molecule has 1 aliphatic rings. The van der Waals surface area contributed by atoms with Crippen LogP contribution in [0.3, 0.4) is 0 Å². The molecule has 0 atom stereocenters. The van der Waals surface area contributed by atoms with E-state index in [0.717, 1.165) is 19.3 Å². The van der Waals surface area contributed by atoms with Gasteiger partial charge < -0.3 is 0 Å². The highest BCUT2D eigenvalue weighted by Gasteiger charge is 2.48. The number of hydrogen-bond donors (Lipinski definition) is 0. The van der Waals surface area contributed by atoms with Crippen LogP contribution in [-0.4, -0.2) is 24.2 Å². The molecule has 0 bridgehead atoms. The zero-order chi connectivity index (χ0) is 10.8. The maximum Gasteiger partial charge on any atom is 0.242 e. The Bertz CT molecular complexity index is 315. The van der Waals surface area contributed by atoms with E-state index in [-0.39, 0.29) is 5.75 Å². The molecule has 0 heterocycles. The number of carbonyl (C=O) groups excluding carboxylic acids is 1. The van der Waals surface area contributed by atoms with Crippen LogP contribution in [0.2, 0.25) is 0 Å². The van der Waals surface area contributed by atoms with Crippen molar-refractivity contribution in [2.24, 2.45) is 0 Å². The van der Waals surface area contributed by atoms with Crippen LogP contribution in [0.15, 0.2) is 0 Å². The molecule has 0 aromatic rings. The zero-order valence-corrected chi connectivity index (χ0v) is 9.83. The summed E-state index contributed by atoms with van der Waals surface area (Å²) in [6.07, 6.45) is 3.33. The van der Waals surface area contributed by atoms with E-state index < -0.39 is 19.8 Å². The molecule has 0 aromatic carbocycles. The second kappa shape index (κ2) is 4.19. The molecular weight excluding hydrogens is 224 g/mol. The summed E-state index contributed by atoms with van der Waals surface area (Å²) < 4.78 is 22.3. The molecular formula is C9H15ClO3S. The lowest BCUT2D eigenvalue weighted by atomic mass is 9.89. The minimum Gasteiger partial charge on any atom is -0.280 e. The van der Waals surface area contributed by atoms with Gasteiger partial charge in [0.15, 0.2) is 9.84 Å². The van der Waals surface area contributed by atoms with E-state index in [0.29, 0.717) is 12.8 Å². The molecule has 0 unspecified atom stereocenters. The first-order valence-corrected chi connectivity index (χ1v) is 6.91. The molecule has 1 fully saturated rings. The van der Waals surface area contributed by atoms with Crippen molar-refractivity contribution in [1.29, 1.82) is 0 Å². The summed E-state index contributed by atoms with van der Waals surface area (Å²) >= 11 is 5.46. The lowest BCUT2D eigenvalue weighted by Gasteiger charge is -2.32. The van der Waals surface area contributed by atoms with Gasteiger partial charge in [0.2, 0.25) is 5.24 Å². The Hall–Kier alpha value is -0.0900. The topological polar surface area (TPSA) is 51.2 Å². The molecule has 0 amide bonds. The summed E-state index contributed by atoms with van der Waals surface area (Å²) in [5, 5.41) is -0.695. The predicted molar refractivity (Wildman–Crippen MR) is 56.1 cm³/mol. The molecule has 1 rings (SSSR count). The summed E-state index contributed by atoms with van der Waals surface area (Å²) in [5.74, 6) is -0.00847. The number of carbonyl (C=O) groups is 1. The molecule has 3 nitrogen and oxygen atoms in total. The van der Waals surface area contributed by atoms with Crippen LogP contribution >= 0.6 is 11.6 Å². The maximum absolute atomic E-state index is 11.8. The molecule has 0 aromatic heterocycles. The summed E-state index contributed by atoms with van der Waals surface area (Å²) in [4.78, 5) is 11.3. The molecule has 5 heteroatoms. The van der Waals surface area contributed by atoms with Gasteiger partial charge in [-0.05, 0) is 24.4 Å². The Morgan fingerprint density at radius 3 is 2.14 bits per heavy atom. The van der Waals surface area contributed by atoms with Crippen molar-refractivity contribution >= 4 is 26.7 Å². The molecule has 0 aliphatic heterocycles. The molecule has 1 saturated carbocycles. The van der Waals surface area contributed by atoms with Crippen LogP contribution in [0, 0.1) is 0 Å². The van der Waals surface area contributed by atoms with E-state index in [4.69, 9.17) is 11.6 Å². The Morgan fingerprint density at radius 2 is 1.79 bits per heavy atom. The Morgan fingerprint density at radius 1 is 1.29 bits per heavy atom. The average molecular weight is 239 g/mol. The summed E-state index contributed by atoms with van der Waals surface area (Å²) in [6, 6.07) is 0. The Kier molecular flexibility index (Phi) is 3.58. The first-order chi connectivity index (χ1) is 6.46. The van der Waals surface area contributed by atoms with Gasteiger partial charge in [0, 0.05) is 5.75 Å². The molecule has 0 spiro atoms. The third-order valence-electron chi connectivity index (χ3n) is 2.99. The van der Waals surface area contributed by atoms with Crippen LogP contribution < -0.4 is 0 Å². The van der Waals surface area contributed by atoms with Crippen molar-refractivity contribution in [3.63, 3.8) is 0 Å². The second-order valence-electron chi connectivity index (χ2n) is 3.73. The SMILES string of the molecule is CCS(=O)(=O)C1(C(=O)Cl)CCCCC1. The van der Waals surface area contributed by atoms with Crippen molar-refractivity contribution < 1.29 is 13.2 Å². The summed E-state index contributed by atoms with van der Waals surface area (Å²) in [6.45, 7) is 1.56. The van der Waals surface area contributed by atoms with Gasteiger partial charge in [0.05, 0.1) is 0 Å². The monoisotopic (exact) mass is 238 g/mol. The van der Waals surface area contributed by atoms with E-state index in [2.05, 4.69) is 0 Å². The third-order valence-corrected chi connectivity index (χ3v) is 6.01. The predicted octanol–water partition coefficient (Wildman–Crippen LogP) is 1.89. The molecule has 82 valence electrons. The van der Waals surface area contributed by atoms with Crippen LogP contribution in [0.5, 0.6) is 0 Å². The minimum atomic E-state index is -3.36. The number of rotatable bonds is 3. The van der Waals surface area contributed by atoms with Crippen molar-refractivity contribution in [2.45, 2.75) is 43.8 Å². The van der Waals surface area contributed by atoms with E-state index >= 15 is 0 Å². The highest BCUT2D eigenvalue weighted by molar-refractivity contribution is 7.93. The maximum atomic E-state index is 11.8. The normalized spacial score (nSPS) is 21.9. The number of sulfone groups is 1. The summed E-state index contributed by atoms with van der Waals surface area (Å²) in [5.41, 5.74) is 0. The van der Waals surface area contributed by atoms with Crippen LogP contribution in [-0.2, 0) is 14.6 Å². The lowest BCUT2D eigenvalue weighted by Crippen LogP contribution is -2.46. The van der Waals surface area contributed by atoms with Crippen molar-refractivity contribution in [3.05, 3.63) is 0 Å². The molecule has 1 aliphatic carbocycles. The second-order valence-corrected chi connectivity index (χ2v) is 6.66. The fourth-order valence-corrected chi connectivity index (χ4v) is 4.28. The van der Waals surface area contributed by atoms with Crippen LogP contribution in [0.25, 0.3) is 0 Å². The summed E-state index contributed by atoms with van der Waals surface area (Å²) in [7, 11) is -3.36. The smallest absolute Gasteiger partial charge is 0.242 e. The zero-order valence-electron chi connectivity index (χ0n) is 8.25. The Balaban J connectivity index is 3.10. The van der Waals surface area contributed by atoms with Gasteiger partial charge in [-0.25, -0.2) is 8.42 Å². The Labute approximate surface area is 89.7 Å². The van der Waals surface area contributed by atoms with Gasteiger partial charge >= 0.3 is 0 Å². The van der Waals surface area contributed by atoms with Crippen LogP contribution in [0.1, 0.15) is 39.0 Å². The van der Waals surface area contributed by atoms with Gasteiger partial charge in [-0.1, -0.05) is 26.2 Å². The first kappa shape index (κ1) is 12.0. The highest BCUT2D eigenvalue weighted by atomic mass is 35.5. The standard InChI is InChI=1S/C9H15ClO3S/c1-2-14(12,13)9(8(10)11)6-4-3-5-7-9/h2-7H2,1H3.